The van der Waals surface area contributed by atoms with Crippen LogP contribution in [0.25, 0.3) is 0 Å². The summed E-state index contributed by atoms with van der Waals surface area (Å²) in [6, 6.07) is 8.71. The first-order chi connectivity index (χ1) is 9.44. The van der Waals surface area contributed by atoms with E-state index in [-0.39, 0.29) is 11.8 Å². The predicted molar refractivity (Wildman–Crippen MR) is 75.0 cm³/mol. The Bertz CT molecular complexity index is 591. The van der Waals surface area contributed by atoms with Gasteiger partial charge in [-0.3, -0.25) is 0 Å². The highest BCUT2D eigenvalue weighted by Crippen LogP contribution is 2.25. The van der Waals surface area contributed by atoms with E-state index < -0.39 is 11.6 Å². The fraction of sp³-hybridized carbons (Fsp3) is 0.250. The number of ether oxygens (including phenoxy) is 1. The molecule has 0 aliphatic rings. The lowest BCUT2D eigenvalue weighted by Crippen LogP contribution is -2.18. The maximum Gasteiger partial charge on any atom is 0.133 e. The van der Waals surface area contributed by atoms with Crippen molar-refractivity contribution in [3.05, 3.63) is 59.2 Å². The summed E-state index contributed by atoms with van der Waals surface area (Å²) in [6.45, 7) is 3.90. The number of aryl methyl sites for hydroxylation is 1. The zero-order valence-electron chi connectivity index (χ0n) is 11.5. The largest absolute Gasteiger partial charge is 0.457 e. The molecule has 1 atom stereocenters. The molecule has 106 valence electrons. The van der Waals surface area contributed by atoms with Gasteiger partial charge in [0.15, 0.2) is 0 Å². The van der Waals surface area contributed by atoms with Crippen LogP contribution in [0.5, 0.6) is 11.5 Å². The van der Waals surface area contributed by atoms with E-state index in [2.05, 4.69) is 0 Å². The smallest absolute Gasteiger partial charge is 0.133 e. The molecular weight excluding hydrogens is 260 g/mol. The van der Waals surface area contributed by atoms with Gasteiger partial charge in [-0.1, -0.05) is 6.07 Å². The van der Waals surface area contributed by atoms with Crippen LogP contribution < -0.4 is 10.5 Å². The third-order valence-electron chi connectivity index (χ3n) is 2.93. The fourth-order valence-electron chi connectivity index (χ4n) is 2.03. The lowest BCUT2D eigenvalue weighted by atomic mass is 10.0. The SMILES string of the molecule is Cc1cc(Oc2cc(F)cc(F)c2)ccc1CC(C)N. The molecular formula is C16H17F2NO. The number of nitrogens with two attached hydrogens (primary N) is 1. The molecule has 0 radical (unpaired) electrons. The number of rotatable bonds is 4. The summed E-state index contributed by atoms with van der Waals surface area (Å²) in [5.41, 5.74) is 7.95. The van der Waals surface area contributed by atoms with Crippen LogP contribution in [0.4, 0.5) is 8.78 Å². The van der Waals surface area contributed by atoms with Crippen LogP contribution in [0.15, 0.2) is 36.4 Å². The van der Waals surface area contributed by atoms with Crippen molar-refractivity contribution in [2.24, 2.45) is 5.73 Å². The van der Waals surface area contributed by atoms with Gasteiger partial charge < -0.3 is 10.5 Å². The summed E-state index contributed by atoms with van der Waals surface area (Å²) in [5.74, 6) is -0.640. The molecule has 2 N–H and O–H groups in total. The average Bonchev–Trinajstić information content (AvgIpc) is 2.31. The van der Waals surface area contributed by atoms with Crippen molar-refractivity contribution in [2.45, 2.75) is 26.3 Å². The Hall–Kier alpha value is -1.94. The molecule has 2 aromatic rings. The molecule has 4 heteroatoms. The summed E-state index contributed by atoms with van der Waals surface area (Å²) in [5, 5.41) is 0. The van der Waals surface area contributed by atoms with Crippen LogP contribution in [0.3, 0.4) is 0 Å². The predicted octanol–water partition coefficient (Wildman–Crippen LogP) is 3.96. The van der Waals surface area contributed by atoms with Crippen molar-refractivity contribution in [1.82, 2.24) is 0 Å². The second-order valence-corrected chi connectivity index (χ2v) is 4.98. The summed E-state index contributed by atoms with van der Waals surface area (Å²) >= 11 is 0. The van der Waals surface area contributed by atoms with Gasteiger partial charge in [0, 0.05) is 24.2 Å². The molecule has 0 saturated carbocycles. The lowest BCUT2D eigenvalue weighted by molar-refractivity contribution is 0.467. The molecule has 2 rings (SSSR count). The molecule has 0 aromatic heterocycles. The minimum absolute atomic E-state index is 0.0813. The first-order valence-electron chi connectivity index (χ1n) is 6.43. The summed E-state index contributed by atoms with van der Waals surface area (Å²) in [7, 11) is 0. The van der Waals surface area contributed by atoms with E-state index in [1.54, 1.807) is 6.07 Å². The first kappa shape index (κ1) is 14.5. The molecule has 0 aliphatic carbocycles. The van der Waals surface area contributed by atoms with Gasteiger partial charge >= 0.3 is 0 Å². The van der Waals surface area contributed by atoms with Crippen molar-refractivity contribution >= 4 is 0 Å². The van der Waals surface area contributed by atoms with Crippen molar-refractivity contribution in [2.75, 3.05) is 0 Å². The Balaban J connectivity index is 2.19. The quantitative estimate of drug-likeness (QED) is 0.918. The minimum atomic E-state index is -0.662. The van der Waals surface area contributed by atoms with Gasteiger partial charge in [0.05, 0.1) is 0 Å². The lowest BCUT2D eigenvalue weighted by Gasteiger charge is -2.11. The molecule has 0 fully saturated rings. The van der Waals surface area contributed by atoms with Crippen LogP contribution in [0.1, 0.15) is 18.1 Å². The van der Waals surface area contributed by atoms with Crippen molar-refractivity contribution in [3.63, 3.8) is 0 Å². The van der Waals surface area contributed by atoms with E-state index in [1.807, 2.05) is 26.0 Å². The van der Waals surface area contributed by atoms with E-state index in [1.165, 1.54) is 0 Å². The Kier molecular flexibility index (Phi) is 4.35. The monoisotopic (exact) mass is 277 g/mol. The van der Waals surface area contributed by atoms with E-state index >= 15 is 0 Å². The van der Waals surface area contributed by atoms with Gasteiger partial charge in [0.2, 0.25) is 0 Å². The van der Waals surface area contributed by atoms with Gasteiger partial charge in [0.25, 0.3) is 0 Å². The van der Waals surface area contributed by atoms with Crippen LogP contribution in [-0.4, -0.2) is 6.04 Å². The first-order valence-corrected chi connectivity index (χ1v) is 6.43. The number of halogens is 2. The summed E-state index contributed by atoms with van der Waals surface area (Å²) in [4.78, 5) is 0. The third kappa shape index (κ3) is 3.78. The third-order valence-corrected chi connectivity index (χ3v) is 2.93. The van der Waals surface area contributed by atoms with Crippen LogP contribution in [-0.2, 0) is 6.42 Å². The summed E-state index contributed by atoms with van der Waals surface area (Å²) < 4.78 is 31.6. The zero-order chi connectivity index (χ0) is 14.7. The summed E-state index contributed by atoms with van der Waals surface area (Å²) in [6.07, 6.45) is 0.778. The highest BCUT2D eigenvalue weighted by molar-refractivity contribution is 5.38. The van der Waals surface area contributed by atoms with Crippen molar-refractivity contribution in [3.8, 4) is 11.5 Å². The standard InChI is InChI=1S/C16H17F2NO/c1-10-5-15(4-3-12(10)6-11(2)19)20-16-8-13(17)7-14(18)9-16/h3-5,7-9,11H,6,19H2,1-2H3. The second kappa shape index (κ2) is 6.01. The molecule has 2 nitrogen and oxygen atoms in total. The van der Waals surface area contributed by atoms with E-state index in [9.17, 15) is 8.78 Å². The van der Waals surface area contributed by atoms with Crippen molar-refractivity contribution in [1.29, 1.82) is 0 Å². The number of hydrogen-bond donors (Lipinski definition) is 1. The zero-order valence-corrected chi connectivity index (χ0v) is 11.5. The molecule has 0 bridgehead atoms. The number of hydrogen-bond acceptors (Lipinski definition) is 2. The second-order valence-electron chi connectivity index (χ2n) is 4.98. The van der Waals surface area contributed by atoms with Gasteiger partial charge in [0.1, 0.15) is 23.1 Å². The molecule has 0 spiro atoms. The van der Waals surface area contributed by atoms with Gasteiger partial charge in [-0.05, 0) is 43.5 Å². The Morgan fingerprint density at radius 2 is 1.70 bits per heavy atom. The Morgan fingerprint density at radius 1 is 1.05 bits per heavy atom. The Labute approximate surface area is 117 Å². The number of benzene rings is 2. The van der Waals surface area contributed by atoms with Gasteiger partial charge in [-0.2, -0.15) is 0 Å². The molecule has 0 amide bonds. The van der Waals surface area contributed by atoms with E-state index in [0.717, 1.165) is 35.7 Å². The molecule has 0 aliphatic heterocycles. The van der Waals surface area contributed by atoms with Crippen molar-refractivity contribution < 1.29 is 13.5 Å². The molecule has 0 heterocycles. The van der Waals surface area contributed by atoms with E-state index in [4.69, 9.17) is 10.5 Å². The maximum atomic E-state index is 13.1. The fourth-order valence-corrected chi connectivity index (χ4v) is 2.03. The van der Waals surface area contributed by atoms with Crippen LogP contribution >= 0.6 is 0 Å². The van der Waals surface area contributed by atoms with Gasteiger partial charge in [-0.15, -0.1) is 0 Å². The Morgan fingerprint density at radius 3 is 2.25 bits per heavy atom. The highest BCUT2D eigenvalue weighted by atomic mass is 19.1. The maximum absolute atomic E-state index is 13.1. The van der Waals surface area contributed by atoms with E-state index in [0.29, 0.717) is 5.75 Å². The highest BCUT2D eigenvalue weighted by Gasteiger charge is 2.06. The molecule has 2 aromatic carbocycles. The average molecular weight is 277 g/mol. The van der Waals surface area contributed by atoms with Gasteiger partial charge in [-0.25, -0.2) is 8.78 Å². The molecule has 1 unspecified atom stereocenters. The minimum Gasteiger partial charge on any atom is -0.457 e. The van der Waals surface area contributed by atoms with Crippen LogP contribution in [0.2, 0.25) is 0 Å². The molecule has 20 heavy (non-hydrogen) atoms. The normalized spacial score (nSPS) is 12.2. The van der Waals surface area contributed by atoms with Crippen LogP contribution in [0, 0.1) is 18.6 Å². The molecule has 0 saturated heterocycles. The topological polar surface area (TPSA) is 35.2 Å².